The van der Waals surface area contributed by atoms with Crippen molar-refractivity contribution in [2.45, 2.75) is 52.2 Å². The van der Waals surface area contributed by atoms with E-state index in [1.807, 2.05) is 13.0 Å². The lowest BCUT2D eigenvalue weighted by atomic mass is 9.71. The first kappa shape index (κ1) is 13.4. The molecule has 16 heavy (non-hydrogen) atoms. The van der Waals surface area contributed by atoms with E-state index in [0.717, 1.165) is 6.42 Å². The van der Waals surface area contributed by atoms with Gasteiger partial charge in [-0.2, -0.15) is 0 Å². The van der Waals surface area contributed by atoms with E-state index in [0.29, 0.717) is 19.3 Å². The summed E-state index contributed by atoms with van der Waals surface area (Å²) in [6.07, 6.45) is 4.53. The van der Waals surface area contributed by atoms with Crippen LogP contribution < -0.4 is 0 Å². The van der Waals surface area contributed by atoms with Gasteiger partial charge in [-0.15, -0.1) is 0 Å². The highest BCUT2D eigenvalue weighted by molar-refractivity contribution is 6.80. The minimum Gasteiger partial charge on any atom is -0.299 e. The number of carbonyl (C=O) groups is 2. The molecule has 1 saturated carbocycles. The molecule has 90 valence electrons. The van der Waals surface area contributed by atoms with E-state index in [9.17, 15) is 9.59 Å². The molecule has 0 atom stereocenters. The molecule has 0 N–H and O–H groups in total. The predicted octanol–water partition coefficient (Wildman–Crippen LogP) is 3.14. The average molecular weight is 238 g/mol. The maximum Gasteiger partial charge on any atom is 0.146 e. The Morgan fingerprint density at radius 3 is 2.12 bits per heavy atom. The largest absolute Gasteiger partial charge is 0.299 e. The average Bonchev–Trinajstić information content (AvgIpc) is 2.12. The fraction of sp³-hybridized carbons (Fsp3) is 0.692. The molecule has 0 unspecified atom stereocenters. The standard InChI is InChI=1S/C13H22O2Si/c1-13(9-6-10-16(2,3)4)11(14)7-5-8-12(13)15/h6,10H,5,7-9H2,1-4H3/b10-6+. The molecule has 2 nitrogen and oxygen atoms in total. The molecule has 1 aliphatic rings. The van der Waals surface area contributed by atoms with Gasteiger partial charge < -0.3 is 0 Å². The second kappa shape index (κ2) is 4.66. The van der Waals surface area contributed by atoms with Gasteiger partial charge in [-0.05, 0) is 19.8 Å². The fourth-order valence-electron chi connectivity index (χ4n) is 1.99. The molecule has 0 bridgehead atoms. The van der Waals surface area contributed by atoms with E-state index in [2.05, 4.69) is 25.3 Å². The number of Topliss-reactive ketones (excluding diaryl/α,β-unsaturated/α-hetero) is 2. The van der Waals surface area contributed by atoms with Crippen LogP contribution in [0.15, 0.2) is 11.8 Å². The SMILES string of the molecule is CC1(C/C=C/[Si](C)(C)C)C(=O)CCCC1=O. The smallest absolute Gasteiger partial charge is 0.146 e. The third kappa shape index (κ3) is 3.14. The first-order valence-electron chi connectivity index (χ1n) is 6.00. The zero-order valence-corrected chi connectivity index (χ0v) is 11.8. The number of hydrogen-bond donors (Lipinski definition) is 0. The molecule has 1 rings (SSSR count). The van der Waals surface area contributed by atoms with Crippen molar-refractivity contribution in [1.29, 1.82) is 0 Å². The van der Waals surface area contributed by atoms with Crippen LogP contribution in [0.3, 0.4) is 0 Å². The molecule has 1 fully saturated rings. The molecule has 0 aromatic rings. The maximum absolute atomic E-state index is 11.8. The second-order valence-electron chi connectivity index (χ2n) is 6.00. The van der Waals surface area contributed by atoms with Gasteiger partial charge in [0.25, 0.3) is 0 Å². The Bertz CT molecular complexity index is 307. The van der Waals surface area contributed by atoms with Crippen molar-refractivity contribution in [3.63, 3.8) is 0 Å². The highest BCUT2D eigenvalue weighted by Crippen LogP contribution is 2.33. The third-order valence-corrected chi connectivity index (χ3v) is 4.42. The van der Waals surface area contributed by atoms with Crippen molar-refractivity contribution in [3.8, 4) is 0 Å². The third-order valence-electron chi connectivity index (χ3n) is 3.18. The summed E-state index contributed by atoms with van der Waals surface area (Å²) in [5.74, 6) is 0.257. The molecule has 0 spiro atoms. The van der Waals surface area contributed by atoms with E-state index in [-0.39, 0.29) is 11.6 Å². The van der Waals surface area contributed by atoms with Crippen LogP contribution in [0.2, 0.25) is 19.6 Å². The number of hydrogen-bond acceptors (Lipinski definition) is 2. The van der Waals surface area contributed by atoms with Gasteiger partial charge in [0.1, 0.15) is 11.6 Å². The van der Waals surface area contributed by atoms with Crippen LogP contribution in [0.1, 0.15) is 32.6 Å². The van der Waals surface area contributed by atoms with Crippen LogP contribution in [-0.2, 0) is 9.59 Å². The van der Waals surface area contributed by atoms with Gasteiger partial charge >= 0.3 is 0 Å². The first-order chi connectivity index (χ1) is 7.26. The van der Waals surface area contributed by atoms with Crippen LogP contribution in [0.4, 0.5) is 0 Å². The monoisotopic (exact) mass is 238 g/mol. The van der Waals surface area contributed by atoms with Gasteiger partial charge in [0.05, 0.1) is 13.5 Å². The number of ketones is 2. The van der Waals surface area contributed by atoms with Crippen molar-refractivity contribution in [1.82, 2.24) is 0 Å². The second-order valence-corrected chi connectivity index (χ2v) is 11.1. The molecule has 3 heteroatoms. The fourth-order valence-corrected chi connectivity index (χ4v) is 2.82. The zero-order chi connectivity index (χ0) is 12.4. The Morgan fingerprint density at radius 2 is 1.69 bits per heavy atom. The van der Waals surface area contributed by atoms with E-state index in [1.165, 1.54) is 0 Å². The topological polar surface area (TPSA) is 34.1 Å². The van der Waals surface area contributed by atoms with Crippen LogP contribution in [-0.4, -0.2) is 19.6 Å². The first-order valence-corrected chi connectivity index (χ1v) is 9.58. The Kier molecular flexibility index (Phi) is 3.89. The van der Waals surface area contributed by atoms with Crippen molar-refractivity contribution in [2.24, 2.45) is 5.41 Å². The van der Waals surface area contributed by atoms with Gasteiger partial charge in [-0.25, -0.2) is 0 Å². The van der Waals surface area contributed by atoms with Crippen molar-refractivity contribution < 1.29 is 9.59 Å². The van der Waals surface area contributed by atoms with Crippen LogP contribution in [0.5, 0.6) is 0 Å². The highest BCUT2D eigenvalue weighted by Gasteiger charge is 2.41. The summed E-state index contributed by atoms with van der Waals surface area (Å²) >= 11 is 0. The lowest BCUT2D eigenvalue weighted by molar-refractivity contribution is -0.142. The summed E-state index contributed by atoms with van der Waals surface area (Å²) in [5, 5.41) is 0. The Hall–Kier alpha value is -0.703. The normalized spacial score (nSPS) is 21.8. The van der Waals surface area contributed by atoms with Crippen molar-refractivity contribution in [2.75, 3.05) is 0 Å². The van der Waals surface area contributed by atoms with Gasteiger partial charge in [-0.3, -0.25) is 9.59 Å². The summed E-state index contributed by atoms with van der Waals surface area (Å²) in [4.78, 5) is 23.7. The van der Waals surface area contributed by atoms with Crippen LogP contribution in [0, 0.1) is 5.41 Å². The molecular weight excluding hydrogens is 216 g/mol. The van der Waals surface area contributed by atoms with Crippen LogP contribution in [0.25, 0.3) is 0 Å². The van der Waals surface area contributed by atoms with Gasteiger partial charge in [0.2, 0.25) is 0 Å². The minimum atomic E-state index is -1.22. The lowest BCUT2D eigenvalue weighted by Crippen LogP contribution is -2.39. The molecule has 0 amide bonds. The van der Waals surface area contributed by atoms with Gasteiger partial charge in [-0.1, -0.05) is 31.4 Å². The van der Waals surface area contributed by atoms with Crippen molar-refractivity contribution in [3.05, 3.63) is 11.8 Å². The van der Waals surface area contributed by atoms with E-state index in [4.69, 9.17) is 0 Å². The van der Waals surface area contributed by atoms with E-state index in [1.54, 1.807) is 0 Å². The number of rotatable bonds is 3. The van der Waals surface area contributed by atoms with E-state index >= 15 is 0 Å². The maximum atomic E-state index is 11.8. The number of allylic oxidation sites excluding steroid dienone is 1. The molecule has 0 radical (unpaired) electrons. The number of carbonyl (C=O) groups excluding carboxylic acids is 2. The summed E-state index contributed by atoms with van der Waals surface area (Å²) in [7, 11) is -1.22. The molecule has 1 aliphatic carbocycles. The molecule has 0 heterocycles. The Labute approximate surface area is 99.1 Å². The summed E-state index contributed by atoms with van der Waals surface area (Å²) in [6.45, 7) is 8.55. The Morgan fingerprint density at radius 1 is 1.19 bits per heavy atom. The molecule has 0 saturated heterocycles. The Balaban J connectivity index is 2.73. The lowest BCUT2D eigenvalue weighted by Gasteiger charge is -2.29. The summed E-state index contributed by atoms with van der Waals surface area (Å²) < 4.78 is 0. The van der Waals surface area contributed by atoms with Gasteiger partial charge in [0, 0.05) is 12.8 Å². The molecule has 0 aromatic carbocycles. The summed E-state index contributed by atoms with van der Waals surface area (Å²) in [5.41, 5.74) is 1.49. The molecule has 0 aromatic heterocycles. The zero-order valence-electron chi connectivity index (χ0n) is 10.8. The van der Waals surface area contributed by atoms with Gasteiger partial charge in [0.15, 0.2) is 0 Å². The summed E-state index contributed by atoms with van der Waals surface area (Å²) in [6, 6.07) is 0. The van der Waals surface area contributed by atoms with Crippen molar-refractivity contribution >= 4 is 19.6 Å². The minimum absolute atomic E-state index is 0.129. The molecular formula is C13H22O2Si. The molecule has 0 aliphatic heterocycles. The predicted molar refractivity (Wildman–Crippen MR) is 69.1 cm³/mol. The highest BCUT2D eigenvalue weighted by atomic mass is 28.3. The van der Waals surface area contributed by atoms with Crippen LogP contribution >= 0.6 is 0 Å². The van der Waals surface area contributed by atoms with E-state index < -0.39 is 13.5 Å². The quantitative estimate of drug-likeness (QED) is 0.559.